The summed E-state index contributed by atoms with van der Waals surface area (Å²) in [5, 5.41) is 30.7. The monoisotopic (exact) mass is 611 g/mol. The number of carbonyl (C=O) groups is 3. The summed E-state index contributed by atoms with van der Waals surface area (Å²) in [6.07, 6.45) is 0.655. The molecule has 4 aromatic rings. The van der Waals surface area contributed by atoms with E-state index in [2.05, 4.69) is 5.32 Å². The van der Waals surface area contributed by atoms with Gasteiger partial charge in [-0.2, -0.15) is 0 Å². The fourth-order valence-corrected chi connectivity index (χ4v) is 3.81. The molecule has 43 heavy (non-hydrogen) atoms. The quantitative estimate of drug-likeness (QED) is 0.168. The van der Waals surface area contributed by atoms with Crippen LogP contribution in [0.3, 0.4) is 0 Å². The molecule has 0 heterocycles. The number of rotatable bonds is 9. The van der Waals surface area contributed by atoms with Crippen LogP contribution in [0, 0.1) is 11.6 Å². The molecule has 0 spiro atoms. The van der Waals surface area contributed by atoms with Crippen molar-refractivity contribution in [2.24, 2.45) is 0 Å². The highest BCUT2D eigenvalue weighted by Gasteiger charge is 2.29. The van der Waals surface area contributed by atoms with Gasteiger partial charge in [0.1, 0.15) is 28.7 Å². The number of benzene rings is 4. The first-order valence-corrected chi connectivity index (χ1v) is 13.2. The molecule has 0 saturated carbocycles. The molecule has 0 fully saturated rings. The number of carboxylic acids is 2. The third-order valence-electron chi connectivity index (χ3n) is 6.09. The zero-order chi connectivity index (χ0) is 31.7. The van der Waals surface area contributed by atoms with Crippen molar-refractivity contribution in [2.45, 2.75) is 25.9 Å². The van der Waals surface area contributed by atoms with E-state index in [1.165, 1.54) is 26.0 Å². The molecule has 0 aliphatic carbocycles. The van der Waals surface area contributed by atoms with E-state index in [1.807, 2.05) is 12.1 Å². The van der Waals surface area contributed by atoms with Crippen molar-refractivity contribution in [1.82, 2.24) is 5.32 Å². The summed E-state index contributed by atoms with van der Waals surface area (Å²) in [6.45, 7) is 3.48. The van der Waals surface area contributed by atoms with E-state index in [0.717, 1.165) is 23.8 Å². The highest BCUT2D eigenvalue weighted by molar-refractivity contribution is 6.30. The van der Waals surface area contributed by atoms with Crippen molar-refractivity contribution in [2.75, 3.05) is 6.54 Å². The SMILES string of the molecule is CC(C)(Oc1ccc(CCNC(=O)c2ccc(Cl)cc2)cc1)C(=O)O.O=C(O)c1cc(-c2ccc(F)cc2F)ccc1O. The maximum Gasteiger partial charge on any atom is 0.347 e. The number of aromatic hydroxyl groups is 1. The molecule has 224 valence electrons. The van der Waals surface area contributed by atoms with Crippen molar-refractivity contribution < 1.29 is 43.2 Å². The fourth-order valence-electron chi connectivity index (χ4n) is 3.68. The molecular formula is C32H28ClF2NO7. The first-order chi connectivity index (χ1) is 20.3. The van der Waals surface area contributed by atoms with Crippen molar-refractivity contribution in [3.8, 4) is 22.6 Å². The maximum absolute atomic E-state index is 13.5. The Morgan fingerprint density at radius 2 is 1.53 bits per heavy atom. The minimum atomic E-state index is -1.32. The normalized spacial score (nSPS) is 10.7. The van der Waals surface area contributed by atoms with Gasteiger partial charge in [-0.1, -0.05) is 29.8 Å². The number of carbonyl (C=O) groups excluding carboxylic acids is 1. The lowest BCUT2D eigenvalue weighted by Crippen LogP contribution is -2.37. The second-order valence-corrected chi connectivity index (χ2v) is 10.2. The molecular weight excluding hydrogens is 584 g/mol. The van der Waals surface area contributed by atoms with E-state index in [-0.39, 0.29) is 22.6 Å². The third kappa shape index (κ3) is 9.27. The van der Waals surface area contributed by atoms with Crippen molar-refractivity contribution in [1.29, 1.82) is 0 Å². The lowest BCUT2D eigenvalue weighted by Gasteiger charge is -2.21. The van der Waals surface area contributed by atoms with Gasteiger partial charge in [-0.15, -0.1) is 0 Å². The van der Waals surface area contributed by atoms with Gasteiger partial charge < -0.3 is 25.4 Å². The Morgan fingerprint density at radius 1 is 0.884 bits per heavy atom. The molecule has 0 aromatic heterocycles. The lowest BCUT2D eigenvalue weighted by atomic mass is 10.0. The lowest BCUT2D eigenvalue weighted by molar-refractivity contribution is -0.152. The van der Waals surface area contributed by atoms with Crippen molar-refractivity contribution in [3.63, 3.8) is 0 Å². The largest absolute Gasteiger partial charge is 0.507 e. The van der Waals surface area contributed by atoms with Crippen LogP contribution in [-0.4, -0.2) is 45.3 Å². The Bertz CT molecular complexity index is 1610. The summed E-state index contributed by atoms with van der Waals surface area (Å²) in [4.78, 5) is 33.9. The average molecular weight is 612 g/mol. The van der Waals surface area contributed by atoms with Crippen molar-refractivity contribution >= 4 is 29.4 Å². The number of ether oxygens (including phenoxy) is 1. The summed E-state index contributed by atoms with van der Waals surface area (Å²) in [7, 11) is 0. The van der Waals surface area contributed by atoms with Crippen LogP contribution in [0.4, 0.5) is 8.78 Å². The molecule has 0 aliphatic heterocycles. The maximum atomic E-state index is 13.5. The van der Waals surface area contributed by atoms with Gasteiger partial charge >= 0.3 is 11.9 Å². The van der Waals surface area contributed by atoms with Gasteiger partial charge in [-0.3, -0.25) is 4.79 Å². The molecule has 0 radical (unpaired) electrons. The molecule has 0 unspecified atom stereocenters. The van der Waals surface area contributed by atoms with Crippen LogP contribution in [0.1, 0.15) is 40.1 Å². The smallest absolute Gasteiger partial charge is 0.347 e. The summed E-state index contributed by atoms with van der Waals surface area (Å²) >= 11 is 5.80. The van der Waals surface area contributed by atoms with Crippen LogP contribution < -0.4 is 10.1 Å². The fraction of sp³-hybridized carbons (Fsp3) is 0.156. The van der Waals surface area contributed by atoms with Crippen LogP contribution in [0.15, 0.2) is 84.9 Å². The van der Waals surface area contributed by atoms with Crippen molar-refractivity contribution in [3.05, 3.63) is 118 Å². The van der Waals surface area contributed by atoms with E-state index < -0.39 is 34.9 Å². The highest BCUT2D eigenvalue weighted by Crippen LogP contribution is 2.28. The predicted molar refractivity (Wildman–Crippen MR) is 157 cm³/mol. The minimum Gasteiger partial charge on any atom is -0.507 e. The third-order valence-corrected chi connectivity index (χ3v) is 6.34. The number of carboxylic acid groups (broad SMARTS) is 2. The Kier molecular flexibility index (Phi) is 10.8. The van der Waals surface area contributed by atoms with Crippen LogP contribution in [-0.2, 0) is 11.2 Å². The van der Waals surface area contributed by atoms with Crippen LogP contribution >= 0.6 is 11.6 Å². The summed E-state index contributed by atoms with van der Waals surface area (Å²) in [6, 6.07) is 20.5. The van der Waals surface area contributed by atoms with Crippen LogP contribution in [0.25, 0.3) is 11.1 Å². The second kappa shape index (κ2) is 14.3. The van der Waals surface area contributed by atoms with E-state index in [1.54, 1.807) is 36.4 Å². The molecule has 0 bridgehead atoms. The molecule has 0 aliphatic rings. The first-order valence-electron chi connectivity index (χ1n) is 12.8. The Balaban J connectivity index is 0.000000248. The van der Waals surface area contributed by atoms with Gasteiger partial charge in [0.15, 0.2) is 5.60 Å². The highest BCUT2D eigenvalue weighted by atomic mass is 35.5. The minimum absolute atomic E-state index is 0.0684. The van der Waals surface area contributed by atoms with Crippen LogP contribution in [0.2, 0.25) is 5.02 Å². The molecule has 11 heteroatoms. The molecule has 0 atom stereocenters. The van der Waals surface area contributed by atoms with E-state index in [0.29, 0.717) is 35.4 Å². The summed E-state index contributed by atoms with van der Waals surface area (Å²) in [5.41, 5.74) is 0.271. The molecule has 0 saturated heterocycles. The number of phenols is 1. The second-order valence-electron chi connectivity index (χ2n) is 9.74. The number of amides is 1. The van der Waals surface area contributed by atoms with Gasteiger partial charge in [0.05, 0.1) is 0 Å². The molecule has 8 nitrogen and oxygen atoms in total. The summed E-state index contributed by atoms with van der Waals surface area (Å²) < 4.78 is 31.7. The zero-order valence-electron chi connectivity index (χ0n) is 23.1. The Morgan fingerprint density at radius 3 is 2.12 bits per heavy atom. The average Bonchev–Trinajstić information content (AvgIpc) is 2.95. The first kappa shape index (κ1) is 32.6. The molecule has 4 N–H and O–H groups in total. The number of halogens is 3. The summed E-state index contributed by atoms with van der Waals surface area (Å²) in [5.74, 6) is -3.93. The molecule has 1 amide bonds. The van der Waals surface area contributed by atoms with E-state index in [4.69, 9.17) is 26.6 Å². The van der Waals surface area contributed by atoms with Gasteiger partial charge in [-0.05, 0) is 92.1 Å². The number of aromatic carboxylic acids is 1. The number of nitrogens with one attached hydrogen (secondary N) is 1. The van der Waals surface area contributed by atoms with Gasteiger partial charge in [0.2, 0.25) is 0 Å². The van der Waals surface area contributed by atoms with Gasteiger partial charge in [-0.25, -0.2) is 18.4 Å². The van der Waals surface area contributed by atoms with Gasteiger partial charge in [0, 0.05) is 28.8 Å². The van der Waals surface area contributed by atoms with Crippen LogP contribution in [0.5, 0.6) is 11.5 Å². The topological polar surface area (TPSA) is 133 Å². The Hall–Kier alpha value is -4.96. The number of aliphatic carboxylic acids is 1. The van der Waals surface area contributed by atoms with Gasteiger partial charge in [0.25, 0.3) is 5.91 Å². The number of hydrogen-bond donors (Lipinski definition) is 4. The standard InChI is InChI=1S/C19H20ClNO4.C13H8F2O3/c1-19(2,18(23)24)25-16-9-3-13(4-10-16)11-12-21-17(22)14-5-7-15(20)8-6-14;14-8-2-3-9(11(15)6-8)7-1-4-12(16)10(5-7)13(17)18/h3-10H,11-12H2,1-2H3,(H,21,22)(H,23,24);1-6,16H,(H,17,18). The molecule has 4 aromatic carbocycles. The zero-order valence-corrected chi connectivity index (χ0v) is 23.9. The Labute approximate surface area is 251 Å². The molecule has 4 rings (SSSR count). The van der Waals surface area contributed by atoms with E-state index in [9.17, 15) is 28.3 Å². The predicted octanol–water partition coefficient (Wildman–Crippen LogP) is 6.59. The van der Waals surface area contributed by atoms with E-state index >= 15 is 0 Å². The number of hydrogen-bond acceptors (Lipinski definition) is 5.